The third-order valence-electron chi connectivity index (χ3n) is 13.3. The van der Waals surface area contributed by atoms with Crippen molar-refractivity contribution in [3.05, 3.63) is 173 Å². The minimum atomic E-state index is -0.114. The highest BCUT2D eigenvalue weighted by molar-refractivity contribution is 6.99. The van der Waals surface area contributed by atoms with E-state index in [9.17, 15) is 0 Å². The first-order valence-corrected chi connectivity index (χ1v) is 21.4. The molecule has 0 radical (unpaired) electrons. The molecule has 3 aliphatic rings. The van der Waals surface area contributed by atoms with E-state index in [1.165, 1.54) is 72.6 Å². The number of nitrogens with zero attached hydrogens (tertiary/aromatic N) is 2. The average Bonchev–Trinajstić information content (AvgIpc) is 3.65. The standard InChI is InChI=1S/C55H57BN2O/c1-12-35(2)31-44(37(4)38-19-15-13-16-20-38)58-45-34-40(39-21-17-14-18-22-39)23-28-43(45)56-49-46(32-36(3)33-47(49)58)57(42-26-24-41(25-27-42)53(5,6)7)50-48-51(59-52(50)56)55(10,11)30-29-54(48,8)9/h12-28,31-34H,1,29-30H2,2-11H3/b35-31-,44-37-. The predicted molar refractivity (Wildman–Crippen MR) is 254 cm³/mol. The van der Waals surface area contributed by atoms with Gasteiger partial charge in [-0.15, -0.1) is 0 Å². The summed E-state index contributed by atoms with van der Waals surface area (Å²) in [7, 11) is 0. The molecule has 3 nitrogen and oxygen atoms in total. The fourth-order valence-corrected chi connectivity index (χ4v) is 9.81. The van der Waals surface area contributed by atoms with Crippen LogP contribution in [0.2, 0.25) is 0 Å². The number of anilines is 5. The van der Waals surface area contributed by atoms with Gasteiger partial charge in [0.15, 0.2) is 0 Å². The minimum Gasteiger partial charge on any atom is -0.472 e. The van der Waals surface area contributed by atoms with Gasteiger partial charge in [0.25, 0.3) is 6.71 Å². The van der Waals surface area contributed by atoms with Gasteiger partial charge in [0, 0.05) is 39.4 Å². The van der Waals surface area contributed by atoms with Crippen molar-refractivity contribution in [2.45, 2.75) is 98.3 Å². The summed E-state index contributed by atoms with van der Waals surface area (Å²) in [5, 5.41) is 0. The summed E-state index contributed by atoms with van der Waals surface area (Å²) in [6, 6.07) is 42.8. The van der Waals surface area contributed by atoms with E-state index in [4.69, 9.17) is 4.42 Å². The Balaban J connectivity index is 1.42. The van der Waals surface area contributed by atoms with Crippen LogP contribution in [-0.2, 0) is 16.2 Å². The van der Waals surface area contributed by atoms with E-state index in [2.05, 4.69) is 207 Å². The highest BCUT2D eigenvalue weighted by atomic mass is 16.3. The molecule has 0 saturated carbocycles. The average molecular weight is 773 g/mol. The van der Waals surface area contributed by atoms with E-state index < -0.39 is 0 Å². The van der Waals surface area contributed by atoms with Gasteiger partial charge in [-0.3, -0.25) is 0 Å². The number of furan rings is 1. The van der Waals surface area contributed by atoms with E-state index in [1.54, 1.807) is 0 Å². The van der Waals surface area contributed by atoms with E-state index in [-0.39, 0.29) is 23.0 Å². The Labute approximate surface area is 352 Å². The topological polar surface area (TPSA) is 19.6 Å². The van der Waals surface area contributed by atoms with Crippen molar-refractivity contribution < 1.29 is 4.42 Å². The third kappa shape index (κ3) is 6.34. The summed E-state index contributed by atoms with van der Waals surface area (Å²) < 4.78 is 7.56. The van der Waals surface area contributed by atoms with Gasteiger partial charge in [-0.2, -0.15) is 0 Å². The van der Waals surface area contributed by atoms with E-state index in [1.807, 2.05) is 6.08 Å². The molecule has 0 bridgehead atoms. The normalized spacial score (nSPS) is 16.8. The number of hydrogen-bond donors (Lipinski definition) is 0. The van der Waals surface area contributed by atoms with Gasteiger partial charge in [0.1, 0.15) is 5.76 Å². The number of hydrogen-bond acceptors (Lipinski definition) is 3. The highest BCUT2D eigenvalue weighted by Gasteiger charge is 2.52. The summed E-state index contributed by atoms with van der Waals surface area (Å²) >= 11 is 0. The van der Waals surface area contributed by atoms with Gasteiger partial charge in [-0.25, -0.2) is 0 Å². The Kier molecular flexibility index (Phi) is 9.16. The number of aryl methyl sites for hydroxylation is 1. The third-order valence-corrected chi connectivity index (χ3v) is 13.3. The molecule has 3 heterocycles. The van der Waals surface area contributed by atoms with E-state index >= 15 is 0 Å². The fraction of sp³-hybridized carbons (Fsp3) is 0.273. The van der Waals surface area contributed by atoms with Crippen LogP contribution in [-0.4, -0.2) is 6.71 Å². The lowest BCUT2D eigenvalue weighted by atomic mass is 9.35. The van der Waals surface area contributed by atoms with Crippen LogP contribution in [0.25, 0.3) is 16.7 Å². The summed E-state index contributed by atoms with van der Waals surface area (Å²) in [6.07, 6.45) is 6.45. The van der Waals surface area contributed by atoms with Crippen LogP contribution >= 0.6 is 0 Å². The van der Waals surface area contributed by atoms with Crippen LogP contribution < -0.4 is 26.4 Å². The first-order chi connectivity index (χ1) is 28.1. The first-order valence-electron chi connectivity index (χ1n) is 21.4. The highest BCUT2D eigenvalue weighted by Crippen LogP contribution is 2.54. The summed E-state index contributed by atoms with van der Waals surface area (Å²) in [4.78, 5) is 5.11. The monoisotopic (exact) mass is 772 g/mol. The molecule has 0 unspecified atom stereocenters. The van der Waals surface area contributed by atoms with Crippen LogP contribution in [0.1, 0.15) is 103 Å². The first kappa shape index (κ1) is 38.8. The van der Waals surface area contributed by atoms with Crippen LogP contribution in [0.15, 0.2) is 150 Å². The zero-order chi connectivity index (χ0) is 41.6. The zero-order valence-electron chi connectivity index (χ0n) is 36.6. The SMILES string of the molecule is C=C/C(C)=C\C(=C(/C)c1ccccc1)N1c2cc(-c3ccccc3)ccc2B2c3oc4c(c3N(c3ccc(C(C)(C)C)cc3)c3cc(C)cc1c32)C(C)(C)CCC4(C)C. The molecular weight excluding hydrogens is 715 g/mol. The van der Waals surface area contributed by atoms with Crippen molar-refractivity contribution in [1.82, 2.24) is 0 Å². The summed E-state index contributed by atoms with van der Waals surface area (Å²) in [6.45, 7) is 27.2. The lowest BCUT2D eigenvalue weighted by molar-refractivity contribution is 0.282. The molecule has 59 heavy (non-hydrogen) atoms. The predicted octanol–water partition coefficient (Wildman–Crippen LogP) is 13.2. The number of rotatable bonds is 6. The molecule has 0 atom stereocenters. The lowest BCUT2D eigenvalue weighted by Gasteiger charge is -2.45. The molecule has 296 valence electrons. The Morgan fingerprint density at radius 3 is 2.05 bits per heavy atom. The van der Waals surface area contributed by atoms with Crippen molar-refractivity contribution >= 4 is 57.3 Å². The molecule has 0 spiro atoms. The largest absolute Gasteiger partial charge is 0.472 e. The molecule has 0 N–H and O–H groups in total. The van der Waals surface area contributed by atoms with Crippen molar-refractivity contribution in [3.63, 3.8) is 0 Å². The molecule has 0 saturated heterocycles. The molecule has 1 aliphatic carbocycles. The van der Waals surface area contributed by atoms with E-state index in [0.717, 1.165) is 41.2 Å². The van der Waals surface area contributed by atoms with Gasteiger partial charge in [0.2, 0.25) is 0 Å². The van der Waals surface area contributed by atoms with Gasteiger partial charge in [-0.1, -0.05) is 146 Å². The van der Waals surface area contributed by atoms with Crippen molar-refractivity contribution in [1.29, 1.82) is 0 Å². The number of benzene rings is 5. The second-order valence-electron chi connectivity index (χ2n) is 19.5. The molecule has 4 heteroatoms. The molecule has 0 fully saturated rings. The van der Waals surface area contributed by atoms with E-state index in [0.29, 0.717) is 0 Å². The van der Waals surface area contributed by atoms with Gasteiger partial charge in [0.05, 0.1) is 11.3 Å². The maximum absolute atomic E-state index is 7.56. The second-order valence-corrected chi connectivity index (χ2v) is 19.5. The Morgan fingerprint density at radius 1 is 0.746 bits per heavy atom. The molecule has 6 aromatic rings. The molecular formula is C55H57BN2O. The summed E-state index contributed by atoms with van der Waals surface area (Å²) in [5.41, 5.74) is 20.2. The fourth-order valence-electron chi connectivity index (χ4n) is 9.81. The molecule has 2 aliphatic heterocycles. The van der Waals surface area contributed by atoms with Crippen LogP contribution in [0.5, 0.6) is 0 Å². The van der Waals surface area contributed by atoms with Gasteiger partial charge >= 0.3 is 0 Å². The molecule has 1 aromatic heterocycles. The zero-order valence-corrected chi connectivity index (χ0v) is 36.6. The molecule has 9 rings (SSSR count). The number of allylic oxidation sites excluding steroid dienone is 4. The summed E-state index contributed by atoms with van der Waals surface area (Å²) in [5.74, 6) is 1.14. The Bertz CT molecular complexity index is 2690. The van der Waals surface area contributed by atoms with Crippen molar-refractivity contribution in [2.75, 3.05) is 9.80 Å². The smallest absolute Gasteiger partial charge is 0.297 e. The van der Waals surface area contributed by atoms with Crippen LogP contribution in [0, 0.1) is 6.92 Å². The van der Waals surface area contributed by atoms with Gasteiger partial charge < -0.3 is 14.2 Å². The quantitative estimate of drug-likeness (QED) is 0.124. The van der Waals surface area contributed by atoms with Crippen LogP contribution in [0.3, 0.4) is 0 Å². The maximum Gasteiger partial charge on any atom is 0.297 e. The Morgan fingerprint density at radius 2 is 1.39 bits per heavy atom. The Hall–Kier alpha value is -5.74. The van der Waals surface area contributed by atoms with Crippen molar-refractivity contribution in [3.8, 4) is 11.1 Å². The lowest BCUT2D eigenvalue weighted by Crippen LogP contribution is -2.61. The minimum absolute atomic E-state index is 0.0409. The van der Waals surface area contributed by atoms with Crippen molar-refractivity contribution in [2.24, 2.45) is 0 Å². The maximum atomic E-state index is 7.56. The second kappa shape index (κ2) is 13.9. The molecule has 0 amide bonds. The molecule has 5 aromatic carbocycles. The van der Waals surface area contributed by atoms with Crippen LogP contribution in [0.4, 0.5) is 28.4 Å². The van der Waals surface area contributed by atoms with Gasteiger partial charge in [-0.05, 0) is 131 Å². The number of fused-ring (bicyclic) bond motifs is 6.